The zero-order valence-corrected chi connectivity index (χ0v) is 21.8. The molecule has 192 valence electrons. The third-order valence-corrected chi connectivity index (χ3v) is 8.69. The summed E-state index contributed by atoms with van der Waals surface area (Å²) in [5, 5.41) is 3.36. The molecule has 2 amide bonds. The third kappa shape index (κ3) is 4.76. The first-order chi connectivity index (χ1) is 16.9. The first kappa shape index (κ1) is 24.4. The second-order valence-electron chi connectivity index (χ2n) is 11.3. The van der Waals surface area contributed by atoms with Gasteiger partial charge in [-0.1, -0.05) is 32.1 Å². The van der Waals surface area contributed by atoms with Crippen LogP contribution in [0.15, 0.2) is 16.5 Å². The van der Waals surface area contributed by atoms with Crippen molar-refractivity contribution in [2.45, 2.75) is 109 Å². The topological polar surface area (TPSA) is 70.7 Å². The highest BCUT2D eigenvalue weighted by Gasteiger charge is 2.48. The van der Waals surface area contributed by atoms with Crippen molar-refractivity contribution in [2.24, 2.45) is 0 Å². The summed E-state index contributed by atoms with van der Waals surface area (Å²) >= 11 is 0. The molecular weight excluding hydrogens is 440 g/mol. The fourth-order valence-electron chi connectivity index (χ4n) is 6.50. The molecule has 2 unspecified atom stereocenters. The summed E-state index contributed by atoms with van der Waals surface area (Å²) in [6.07, 6.45) is 11.5. The predicted octanol–water partition coefficient (Wildman–Crippen LogP) is 4.86. The standard InChI is InChI=1S/C28H42N4O3/c1-20-11-8-9-14-30(20)15-10-16-32-26(33)24-18-25-23(17-21(2)35-25)31(24)19-28(32,3)27(34)29-22-12-6-4-5-7-13-22/h17-18,20,22H,4-16,19H2,1-3H3,(H,29,34). The van der Waals surface area contributed by atoms with Crippen LogP contribution in [0.1, 0.15) is 94.3 Å². The number of furan rings is 1. The van der Waals surface area contributed by atoms with Crippen LogP contribution >= 0.6 is 0 Å². The first-order valence-electron chi connectivity index (χ1n) is 13.8. The quantitative estimate of drug-likeness (QED) is 0.597. The highest BCUT2D eigenvalue weighted by molar-refractivity contribution is 6.03. The van der Waals surface area contributed by atoms with Crippen LogP contribution in [0, 0.1) is 6.92 Å². The lowest BCUT2D eigenvalue weighted by Crippen LogP contribution is -2.65. The minimum absolute atomic E-state index is 0.0168. The Morgan fingerprint density at radius 3 is 2.57 bits per heavy atom. The lowest BCUT2D eigenvalue weighted by atomic mass is 9.93. The molecule has 7 nitrogen and oxygen atoms in total. The molecule has 7 heteroatoms. The zero-order chi connectivity index (χ0) is 24.6. The second kappa shape index (κ2) is 10.00. The maximum Gasteiger partial charge on any atom is 0.271 e. The van der Waals surface area contributed by atoms with Crippen molar-refractivity contribution in [3.8, 4) is 0 Å². The van der Waals surface area contributed by atoms with Crippen molar-refractivity contribution in [3.63, 3.8) is 0 Å². The van der Waals surface area contributed by atoms with Gasteiger partial charge in [0, 0.05) is 37.3 Å². The van der Waals surface area contributed by atoms with Crippen molar-refractivity contribution in [1.29, 1.82) is 0 Å². The molecule has 2 fully saturated rings. The Morgan fingerprint density at radius 2 is 1.83 bits per heavy atom. The number of carbonyl (C=O) groups is 2. The number of nitrogens with one attached hydrogen (secondary N) is 1. The van der Waals surface area contributed by atoms with Crippen LogP contribution in [0.3, 0.4) is 0 Å². The van der Waals surface area contributed by atoms with E-state index >= 15 is 0 Å². The zero-order valence-electron chi connectivity index (χ0n) is 21.8. The van der Waals surface area contributed by atoms with Gasteiger partial charge in [0.1, 0.15) is 17.0 Å². The molecule has 0 aromatic carbocycles. The van der Waals surface area contributed by atoms with Crippen molar-refractivity contribution < 1.29 is 14.0 Å². The van der Waals surface area contributed by atoms with Gasteiger partial charge in [0.15, 0.2) is 5.58 Å². The van der Waals surface area contributed by atoms with Gasteiger partial charge in [0.25, 0.3) is 5.91 Å². The monoisotopic (exact) mass is 482 g/mol. The Morgan fingerprint density at radius 1 is 1.09 bits per heavy atom. The van der Waals surface area contributed by atoms with Gasteiger partial charge in [0.05, 0.1) is 12.1 Å². The van der Waals surface area contributed by atoms with Crippen LogP contribution in [-0.4, -0.2) is 63.4 Å². The SMILES string of the molecule is Cc1cc2c(cc3n2CC(C)(C(=O)NC2CCCCCC2)N(CCCN2CCCCC2C)C3=O)o1. The molecular formula is C28H42N4O3. The van der Waals surface area contributed by atoms with Gasteiger partial charge in [-0.15, -0.1) is 0 Å². The van der Waals surface area contributed by atoms with Crippen LogP contribution in [0.5, 0.6) is 0 Å². The Labute approximate surface area is 209 Å². The smallest absolute Gasteiger partial charge is 0.271 e. The lowest BCUT2D eigenvalue weighted by Gasteiger charge is -2.45. The Bertz CT molecular complexity index is 1060. The fraction of sp³-hybridized carbons (Fsp3) is 0.714. The number of rotatable bonds is 6. The van der Waals surface area contributed by atoms with Gasteiger partial charge in [-0.05, 0) is 59.4 Å². The number of fused-ring (bicyclic) bond motifs is 3. The minimum atomic E-state index is -0.930. The summed E-state index contributed by atoms with van der Waals surface area (Å²) < 4.78 is 7.85. The van der Waals surface area contributed by atoms with Gasteiger partial charge < -0.3 is 24.1 Å². The van der Waals surface area contributed by atoms with Gasteiger partial charge in [0.2, 0.25) is 5.91 Å². The maximum atomic E-state index is 13.9. The third-order valence-electron chi connectivity index (χ3n) is 8.69. The van der Waals surface area contributed by atoms with E-state index in [4.69, 9.17) is 4.42 Å². The normalized spacial score (nSPS) is 26.7. The number of aryl methyl sites for hydroxylation is 1. The predicted molar refractivity (Wildman–Crippen MR) is 138 cm³/mol. The summed E-state index contributed by atoms with van der Waals surface area (Å²) in [6, 6.07) is 4.63. The van der Waals surface area contributed by atoms with Crippen molar-refractivity contribution in [2.75, 3.05) is 19.6 Å². The number of hydrogen-bond donors (Lipinski definition) is 1. The highest BCUT2D eigenvalue weighted by atomic mass is 16.3. The summed E-state index contributed by atoms with van der Waals surface area (Å²) in [5.74, 6) is 0.739. The molecule has 2 atom stereocenters. The van der Waals surface area contributed by atoms with Crippen LogP contribution in [0.25, 0.3) is 11.1 Å². The Kier molecular flexibility index (Phi) is 6.97. The number of piperidine rings is 1. The molecule has 3 aliphatic rings. The minimum Gasteiger partial charge on any atom is -0.460 e. The molecule has 0 radical (unpaired) electrons. The molecule has 2 aliphatic heterocycles. The molecule has 1 saturated heterocycles. The van der Waals surface area contributed by atoms with Crippen LogP contribution in [0.2, 0.25) is 0 Å². The average molecular weight is 483 g/mol. The number of likely N-dealkylation sites (tertiary alicyclic amines) is 1. The number of carbonyl (C=O) groups excluding carboxylic acids is 2. The highest BCUT2D eigenvalue weighted by Crippen LogP contribution is 2.34. The largest absolute Gasteiger partial charge is 0.460 e. The van der Waals surface area contributed by atoms with E-state index in [1.165, 1.54) is 32.1 Å². The first-order valence-corrected chi connectivity index (χ1v) is 13.8. The van der Waals surface area contributed by atoms with Crippen LogP contribution < -0.4 is 5.32 Å². The molecule has 1 N–H and O–H groups in total. The van der Waals surface area contributed by atoms with Crippen molar-refractivity contribution >= 4 is 22.9 Å². The number of nitrogens with zero attached hydrogens (tertiary/aromatic N) is 3. The van der Waals surface area contributed by atoms with E-state index in [1.54, 1.807) is 0 Å². The second-order valence-corrected chi connectivity index (χ2v) is 11.3. The van der Waals surface area contributed by atoms with E-state index in [1.807, 2.05) is 35.4 Å². The Balaban J connectivity index is 1.39. The molecule has 1 aliphatic carbocycles. The molecule has 4 heterocycles. The molecule has 0 bridgehead atoms. The summed E-state index contributed by atoms with van der Waals surface area (Å²) in [6.45, 7) is 9.32. The number of amides is 2. The lowest BCUT2D eigenvalue weighted by molar-refractivity contribution is -0.133. The van der Waals surface area contributed by atoms with E-state index < -0.39 is 5.54 Å². The maximum absolute atomic E-state index is 13.9. The Hall–Kier alpha value is -2.28. The average Bonchev–Trinajstić information content (AvgIpc) is 3.22. The van der Waals surface area contributed by atoms with Crippen molar-refractivity contribution in [3.05, 3.63) is 23.6 Å². The van der Waals surface area contributed by atoms with Crippen LogP contribution in [-0.2, 0) is 11.3 Å². The van der Waals surface area contributed by atoms with Crippen LogP contribution in [0.4, 0.5) is 0 Å². The molecule has 35 heavy (non-hydrogen) atoms. The number of aromatic nitrogens is 1. The fourth-order valence-corrected chi connectivity index (χ4v) is 6.50. The van der Waals surface area contributed by atoms with E-state index in [2.05, 4.69) is 17.1 Å². The van der Waals surface area contributed by atoms with E-state index in [9.17, 15) is 9.59 Å². The van der Waals surface area contributed by atoms with E-state index in [-0.39, 0.29) is 17.9 Å². The molecule has 2 aromatic heterocycles. The van der Waals surface area contributed by atoms with Gasteiger partial charge in [-0.25, -0.2) is 0 Å². The van der Waals surface area contributed by atoms with E-state index in [0.29, 0.717) is 24.8 Å². The van der Waals surface area contributed by atoms with Gasteiger partial charge in [-0.3, -0.25) is 9.59 Å². The summed E-state index contributed by atoms with van der Waals surface area (Å²) in [5.41, 5.74) is 1.33. The number of hydrogen-bond acceptors (Lipinski definition) is 4. The van der Waals surface area contributed by atoms with Gasteiger partial charge in [-0.2, -0.15) is 0 Å². The molecule has 1 saturated carbocycles. The van der Waals surface area contributed by atoms with E-state index in [0.717, 1.165) is 62.1 Å². The van der Waals surface area contributed by atoms with Crippen molar-refractivity contribution in [1.82, 2.24) is 19.7 Å². The molecule has 2 aromatic rings. The molecule has 5 rings (SSSR count). The molecule has 0 spiro atoms. The van der Waals surface area contributed by atoms with Gasteiger partial charge >= 0.3 is 0 Å². The summed E-state index contributed by atoms with van der Waals surface area (Å²) in [4.78, 5) is 32.1. The summed E-state index contributed by atoms with van der Waals surface area (Å²) in [7, 11) is 0.